The average Bonchev–Trinajstić information content (AvgIpc) is 2.86. The van der Waals surface area contributed by atoms with Crippen molar-refractivity contribution in [1.29, 1.82) is 0 Å². The molecule has 2 aromatic carbocycles. The van der Waals surface area contributed by atoms with Crippen LogP contribution < -0.4 is 16.1 Å². The molecule has 1 aliphatic heterocycles. The number of benzene rings is 3. The number of fused-ring (bicyclic) bond motifs is 2. The summed E-state index contributed by atoms with van der Waals surface area (Å²) in [5, 5.41) is 44.3. The third-order valence-electron chi connectivity index (χ3n) is 5.89. The average molecular weight is 621 g/mol. The number of aromatic hydroxyl groups is 1. The Morgan fingerprint density at radius 1 is 0.902 bits per heavy atom. The largest absolute Gasteiger partial charge is 0.508 e. The summed E-state index contributed by atoms with van der Waals surface area (Å²) in [5.41, 5.74) is 1.58. The maximum atomic E-state index is 12.3. The van der Waals surface area contributed by atoms with Crippen molar-refractivity contribution in [2.75, 3.05) is 31.5 Å². The molecule has 14 heteroatoms. The van der Waals surface area contributed by atoms with Crippen LogP contribution in [-0.2, 0) is 26.7 Å². The number of phenols is 1. The number of hydrogen-bond donors (Lipinski definition) is 6. The van der Waals surface area contributed by atoms with Crippen molar-refractivity contribution in [3.8, 4) is 28.2 Å². The Kier molecular flexibility index (Phi) is 10.0. The topological polar surface area (TPSA) is 190 Å². The molecule has 12 nitrogen and oxygen atoms in total. The van der Waals surface area contributed by atoms with Gasteiger partial charge in [-0.3, -0.25) is 19.3 Å². The van der Waals surface area contributed by atoms with Gasteiger partial charge in [-0.15, -0.1) is 0 Å². The van der Waals surface area contributed by atoms with Gasteiger partial charge in [0.25, 0.3) is 0 Å². The van der Waals surface area contributed by atoms with Gasteiger partial charge in [-0.2, -0.15) is 0 Å². The zero-order valence-corrected chi connectivity index (χ0v) is 23.0. The first kappa shape index (κ1) is 31.0. The summed E-state index contributed by atoms with van der Waals surface area (Å²) in [6.07, 6.45) is 0. The molecule has 0 spiro atoms. The molecule has 0 saturated carbocycles. The summed E-state index contributed by atoms with van der Waals surface area (Å²) in [4.78, 5) is 47.4. The van der Waals surface area contributed by atoms with E-state index in [1.807, 2.05) is 0 Å². The van der Waals surface area contributed by atoms with E-state index in [0.29, 0.717) is 27.8 Å². The summed E-state index contributed by atoms with van der Waals surface area (Å²) in [5.74, 6) is -3.39. The Labute approximate surface area is 248 Å². The predicted octanol–water partition coefficient (Wildman–Crippen LogP) is 2.72. The second-order valence-corrected chi connectivity index (χ2v) is 9.17. The molecular weight excluding hydrogens is 598 g/mol. The van der Waals surface area contributed by atoms with Crippen LogP contribution in [0.15, 0.2) is 63.8 Å². The van der Waals surface area contributed by atoms with Crippen molar-refractivity contribution in [1.82, 2.24) is 10.2 Å². The van der Waals surface area contributed by atoms with Crippen molar-refractivity contribution < 1.29 is 56.3 Å². The maximum absolute atomic E-state index is 12.3. The van der Waals surface area contributed by atoms with Crippen molar-refractivity contribution in [3.05, 3.63) is 70.4 Å². The van der Waals surface area contributed by atoms with Gasteiger partial charge in [0.2, 0.25) is 0 Å². The number of phenolic OH excluding ortho intramolecular Hbond substituents is 1. The fraction of sp³-hybridized carbons (Fsp3) is 0.148. The van der Waals surface area contributed by atoms with Gasteiger partial charge >= 0.3 is 17.9 Å². The SMILES string of the molecule is O=C(O)CN(CCNC(=S)Nc1ccc(-c2c3ccc(=O)cc-3oc3cc(O)ccc23)c(C(=O)O)c1)CC(=O)O.[Fe]. The number of carboxylic acid groups (broad SMARTS) is 3. The first-order valence-electron chi connectivity index (χ1n) is 11.8. The van der Waals surface area contributed by atoms with Gasteiger partial charge in [-0.1, -0.05) is 6.07 Å². The molecule has 1 aliphatic carbocycles. The van der Waals surface area contributed by atoms with Crippen LogP contribution >= 0.6 is 12.2 Å². The van der Waals surface area contributed by atoms with E-state index in [0.717, 1.165) is 0 Å². The Balaban J connectivity index is 0.00000462. The fourth-order valence-corrected chi connectivity index (χ4v) is 4.49. The normalized spacial score (nSPS) is 10.8. The van der Waals surface area contributed by atoms with Gasteiger partial charge < -0.3 is 35.5 Å². The van der Waals surface area contributed by atoms with Crippen molar-refractivity contribution >= 4 is 51.9 Å². The number of nitrogens with one attached hydrogen (secondary N) is 2. The second-order valence-electron chi connectivity index (χ2n) is 8.76. The van der Waals surface area contributed by atoms with Gasteiger partial charge in [0.1, 0.15) is 17.1 Å². The number of carboxylic acids is 3. The molecule has 2 aliphatic rings. The van der Waals surface area contributed by atoms with Gasteiger partial charge in [0.05, 0.1) is 18.7 Å². The Morgan fingerprint density at radius 2 is 1.59 bits per heavy atom. The van der Waals surface area contributed by atoms with E-state index in [4.69, 9.17) is 26.8 Å². The molecule has 214 valence electrons. The molecule has 0 radical (unpaired) electrons. The molecule has 1 heterocycles. The van der Waals surface area contributed by atoms with E-state index in [2.05, 4.69) is 10.6 Å². The third-order valence-corrected chi connectivity index (χ3v) is 6.13. The molecule has 0 bridgehead atoms. The van der Waals surface area contributed by atoms with E-state index in [1.165, 1.54) is 35.2 Å². The van der Waals surface area contributed by atoms with Crippen LogP contribution in [0.25, 0.3) is 33.4 Å². The van der Waals surface area contributed by atoms with E-state index in [9.17, 15) is 29.4 Å². The molecule has 0 atom stereocenters. The number of aromatic carboxylic acids is 1. The maximum Gasteiger partial charge on any atom is 0.336 e. The molecule has 0 fully saturated rings. The summed E-state index contributed by atoms with van der Waals surface area (Å²) < 4.78 is 5.83. The first-order valence-corrected chi connectivity index (χ1v) is 12.2. The van der Waals surface area contributed by atoms with Gasteiger partial charge in [-0.25, -0.2) is 4.79 Å². The third kappa shape index (κ3) is 7.58. The van der Waals surface area contributed by atoms with E-state index in [-0.39, 0.29) is 63.4 Å². The van der Waals surface area contributed by atoms with Crippen LogP contribution in [-0.4, -0.2) is 74.5 Å². The van der Waals surface area contributed by atoms with E-state index < -0.39 is 31.0 Å². The summed E-state index contributed by atoms with van der Waals surface area (Å²) in [7, 11) is 0. The molecule has 6 N–H and O–H groups in total. The molecule has 4 rings (SSSR count). The predicted molar refractivity (Wildman–Crippen MR) is 149 cm³/mol. The Morgan fingerprint density at radius 3 is 2.24 bits per heavy atom. The molecule has 0 aromatic heterocycles. The molecular formula is C27H23FeN3O9S. The van der Waals surface area contributed by atoms with Crippen LogP contribution in [0.2, 0.25) is 0 Å². The number of aliphatic carboxylic acids is 2. The molecule has 0 unspecified atom stereocenters. The fourth-order valence-electron chi connectivity index (χ4n) is 4.27. The smallest absolute Gasteiger partial charge is 0.336 e. The van der Waals surface area contributed by atoms with Crippen LogP contribution in [0.3, 0.4) is 0 Å². The zero-order valence-electron chi connectivity index (χ0n) is 21.1. The minimum atomic E-state index is -1.23. The molecule has 41 heavy (non-hydrogen) atoms. The number of hydrogen-bond acceptors (Lipinski definition) is 8. The number of carbonyl (C=O) groups is 3. The Hall–Kier alpha value is -4.49. The summed E-state index contributed by atoms with van der Waals surface area (Å²) in [6, 6.07) is 13.2. The second kappa shape index (κ2) is 13.2. The van der Waals surface area contributed by atoms with Crippen molar-refractivity contribution in [2.45, 2.75) is 0 Å². The standard InChI is InChI=1S/C27H23N3O9S.Fe/c31-15-2-5-18-21(10-15)39-22-11-16(32)3-6-19(22)25(18)17-4-1-14(9-20(17)26(37)38)29-27(40)28-7-8-30(12-23(33)34)13-24(35)36;/h1-6,9-11,31H,7-8,12-13H2,(H,33,34)(H,35,36)(H,37,38)(H2,28,29,40);. The number of nitrogens with zero attached hydrogens (tertiary/aromatic N) is 1. The Bertz CT molecular complexity index is 1660. The monoisotopic (exact) mass is 621 g/mol. The zero-order chi connectivity index (χ0) is 29.0. The number of thiocarbonyl (C=S) groups is 1. The van der Waals surface area contributed by atoms with Crippen LogP contribution in [0.5, 0.6) is 5.75 Å². The quantitative estimate of drug-likeness (QED) is 0.0862. The molecule has 0 saturated heterocycles. The summed E-state index contributed by atoms with van der Waals surface area (Å²) >= 11 is 5.26. The van der Waals surface area contributed by atoms with E-state index in [1.54, 1.807) is 24.3 Å². The van der Waals surface area contributed by atoms with Crippen LogP contribution in [0.4, 0.5) is 5.69 Å². The van der Waals surface area contributed by atoms with Gasteiger partial charge in [0, 0.05) is 64.5 Å². The van der Waals surface area contributed by atoms with Crippen LogP contribution in [0, 0.1) is 0 Å². The minimum absolute atomic E-state index is 0. The van der Waals surface area contributed by atoms with Crippen LogP contribution in [0.1, 0.15) is 10.4 Å². The summed E-state index contributed by atoms with van der Waals surface area (Å²) in [6.45, 7) is -0.692. The van der Waals surface area contributed by atoms with Gasteiger partial charge in [0.15, 0.2) is 10.5 Å². The van der Waals surface area contributed by atoms with Crippen molar-refractivity contribution in [2.24, 2.45) is 0 Å². The van der Waals surface area contributed by atoms with E-state index >= 15 is 0 Å². The molecule has 0 amide bonds. The van der Waals surface area contributed by atoms with Crippen molar-refractivity contribution in [3.63, 3.8) is 0 Å². The minimum Gasteiger partial charge on any atom is -0.508 e. The number of anilines is 1. The van der Waals surface area contributed by atoms with Gasteiger partial charge in [-0.05, 0) is 54.2 Å². The molecule has 2 aromatic rings. The first-order chi connectivity index (χ1) is 19.0. The number of rotatable bonds is 10.